The second-order valence-electron chi connectivity index (χ2n) is 9.66. The lowest BCUT2D eigenvalue weighted by atomic mass is 9.55. The summed E-state index contributed by atoms with van der Waals surface area (Å²) < 4.78 is 7.40. The molecule has 3 aliphatic rings. The molecule has 0 saturated heterocycles. The lowest BCUT2D eigenvalue weighted by molar-refractivity contribution is -0.127. The van der Waals surface area contributed by atoms with Gasteiger partial charge in [-0.3, -0.25) is 9.48 Å². The van der Waals surface area contributed by atoms with E-state index in [1.54, 1.807) is 7.11 Å². The Morgan fingerprint density at radius 2 is 2.17 bits per heavy atom. The number of carbonyl (C=O) groups excluding carboxylic acids is 1. The molecule has 2 fully saturated rings. The molecule has 2 aromatic rings. The molecule has 0 radical (unpaired) electrons. The maximum absolute atomic E-state index is 13.5. The van der Waals surface area contributed by atoms with Gasteiger partial charge in [0.05, 0.1) is 12.8 Å². The Morgan fingerprint density at radius 3 is 2.90 bits per heavy atom. The van der Waals surface area contributed by atoms with Crippen LogP contribution in [-0.4, -0.2) is 22.7 Å². The van der Waals surface area contributed by atoms with Crippen molar-refractivity contribution in [1.29, 1.82) is 0 Å². The van der Waals surface area contributed by atoms with E-state index in [4.69, 9.17) is 4.74 Å². The van der Waals surface area contributed by atoms with Gasteiger partial charge in [0.25, 0.3) is 0 Å². The Morgan fingerprint density at radius 1 is 1.33 bits per heavy atom. The van der Waals surface area contributed by atoms with Gasteiger partial charge >= 0.3 is 0 Å². The number of hydrogen-bond donors (Lipinski definition) is 0. The third-order valence-corrected chi connectivity index (χ3v) is 8.21. The minimum atomic E-state index is -0.203. The SMILES string of the molecule is CCn1cc(/C=C2\C[C@H]3[C@H]4CCc5cc(OC)ccc5[C@@H]4CC[C@]3(C)C2=O)c(C)n1. The summed E-state index contributed by atoms with van der Waals surface area (Å²) in [6.45, 7) is 7.22. The fraction of sp³-hybridized carbons (Fsp3) is 0.538. The number of aromatic nitrogens is 2. The number of hydrogen-bond acceptors (Lipinski definition) is 3. The summed E-state index contributed by atoms with van der Waals surface area (Å²) >= 11 is 0. The molecule has 2 saturated carbocycles. The van der Waals surface area contributed by atoms with Crippen LogP contribution in [0.1, 0.15) is 67.8 Å². The van der Waals surface area contributed by atoms with Crippen LogP contribution in [-0.2, 0) is 17.8 Å². The Bertz CT molecular complexity index is 1030. The minimum absolute atomic E-state index is 0.203. The molecular formula is C26H32N2O2. The minimum Gasteiger partial charge on any atom is -0.497 e. The molecule has 0 N–H and O–H groups in total. The number of Topliss-reactive ketones (excluding diaryl/α,β-unsaturated/α-hetero) is 1. The number of nitrogens with zero attached hydrogens (tertiary/aromatic N) is 2. The van der Waals surface area contributed by atoms with Gasteiger partial charge in [-0.2, -0.15) is 5.10 Å². The van der Waals surface area contributed by atoms with Crippen LogP contribution in [0.3, 0.4) is 0 Å². The van der Waals surface area contributed by atoms with E-state index in [9.17, 15) is 4.79 Å². The van der Waals surface area contributed by atoms with Crippen LogP contribution in [0.4, 0.5) is 0 Å². The third kappa shape index (κ3) is 2.87. The van der Waals surface area contributed by atoms with Crippen LogP contribution in [0.5, 0.6) is 5.75 Å². The molecule has 0 amide bonds. The summed E-state index contributed by atoms with van der Waals surface area (Å²) in [4.78, 5) is 13.5. The lowest BCUT2D eigenvalue weighted by Crippen LogP contribution is -2.42. The molecule has 158 valence electrons. The first-order valence-electron chi connectivity index (χ1n) is 11.4. The number of rotatable bonds is 3. The van der Waals surface area contributed by atoms with Gasteiger partial charge in [0.15, 0.2) is 5.78 Å². The second kappa shape index (κ2) is 7.11. The number of aryl methyl sites for hydroxylation is 3. The van der Waals surface area contributed by atoms with Gasteiger partial charge in [-0.1, -0.05) is 13.0 Å². The number of ketones is 1. The lowest BCUT2D eigenvalue weighted by Gasteiger charge is -2.48. The summed E-state index contributed by atoms with van der Waals surface area (Å²) in [5, 5.41) is 4.56. The van der Waals surface area contributed by atoms with Gasteiger partial charge in [-0.05, 0) is 98.6 Å². The molecule has 4 nitrogen and oxygen atoms in total. The standard InChI is InChI=1S/C26H32N2O2/c1-5-28-15-19(16(2)27-28)12-18-14-24-23-8-6-17-13-20(30-4)7-9-21(17)22(23)10-11-26(24,3)25(18)29/h7,9,12-13,15,22-24H,5-6,8,10-11,14H2,1-4H3/b18-12+/t22-,23-,24-,26-/m0/s1. The number of ether oxygens (including phenoxy) is 1. The second-order valence-corrected chi connectivity index (χ2v) is 9.66. The molecule has 1 aromatic heterocycles. The van der Waals surface area contributed by atoms with Gasteiger partial charge in [-0.25, -0.2) is 0 Å². The largest absolute Gasteiger partial charge is 0.497 e. The molecule has 4 atom stereocenters. The van der Waals surface area contributed by atoms with E-state index in [0.717, 1.165) is 54.8 Å². The van der Waals surface area contributed by atoms with Crippen molar-refractivity contribution in [2.24, 2.45) is 17.3 Å². The monoisotopic (exact) mass is 404 g/mol. The zero-order valence-electron chi connectivity index (χ0n) is 18.6. The smallest absolute Gasteiger partial charge is 0.165 e. The molecule has 0 spiro atoms. The zero-order valence-corrected chi connectivity index (χ0v) is 18.6. The first-order valence-corrected chi connectivity index (χ1v) is 11.4. The summed E-state index contributed by atoms with van der Waals surface area (Å²) in [5.41, 5.74) is 5.87. The van der Waals surface area contributed by atoms with Gasteiger partial charge < -0.3 is 4.74 Å². The highest BCUT2D eigenvalue weighted by atomic mass is 16.5. The van der Waals surface area contributed by atoms with E-state index in [0.29, 0.717) is 23.5 Å². The molecule has 0 bridgehead atoms. The number of carbonyl (C=O) groups is 1. The molecule has 1 aromatic carbocycles. The first kappa shape index (κ1) is 19.6. The molecule has 4 heteroatoms. The van der Waals surface area contributed by atoms with Gasteiger partial charge in [-0.15, -0.1) is 0 Å². The van der Waals surface area contributed by atoms with Crippen LogP contribution in [0, 0.1) is 24.2 Å². The normalized spacial score (nSPS) is 31.4. The summed E-state index contributed by atoms with van der Waals surface area (Å²) in [6.07, 6.45) is 9.51. The first-order chi connectivity index (χ1) is 14.4. The average Bonchev–Trinajstić information content (AvgIpc) is 3.24. The maximum atomic E-state index is 13.5. The third-order valence-electron chi connectivity index (χ3n) is 8.21. The Kier molecular flexibility index (Phi) is 4.64. The van der Waals surface area contributed by atoms with Crippen LogP contribution >= 0.6 is 0 Å². The fourth-order valence-electron chi connectivity index (χ4n) is 6.51. The highest BCUT2D eigenvalue weighted by molar-refractivity contribution is 6.06. The maximum Gasteiger partial charge on any atom is 0.165 e. The predicted molar refractivity (Wildman–Crippen MR) is 119 cm³/mol. The van der Waals surface area contributed by atoms with Crippen LogP contribution < -0.4 is 4.74 Å². The van der Waals surface area contributed by atoms with Crippen LogP contribution in [0.25, 0.3) is 6.08 Å². The van der Waals surface area contributed by atoms with Gasteiger partial charge in [0.2, 0.25) is 0 Å². The van der Waals surface area contributed by atoms with E-state index in [1.165, 1.54) is 17.5 Å². The summed E-state index contributed by atoms with van der Waals surface area (Å²) in [5.74, 6) is 2.97. The van der Waals surface area contributed by atoms with Crippen molar-refractivity contribution in [2.75, 3.05) is 7.11 Å². The van der Waals surface area contributed by atoms with Crippen molar-refractivity contribution in [3.05, 3.63) is 52.4 Å². The average molecular weight is 405 g/mol. The predicted octanol–water partition coefficient (Wildman–Crippen LogP) is 5.34. The topological polar surface area (TPSA) is 44.1 Å². The van der Waals surface area contributed by atoms with Gasteiger partial charge in [0.1, 0.15) is 5.75 Å². The fourth-order valence-corrected chi connectivity index (χ4v) is 6.51. The van der Waals surface area contributed by atoms with Crippen molar-refractivity contribution >= 4 is 11.9 Å². The molecule has 0 aliphatic heterocycles. The molecule has 30 heavy (non-hydrogen) atoms. The van der Waals surface area contributed by atoms with Crippen molar-refractivity contribution in [1.82, 2.24) is 9.78 Å². The highest BCUT2D eigenvalue weighted by Crippen LogP contribution is 2.60. The number of benzene rings is 1. The highest BCUT2D eigenvalue weighted by Gasteiger charge is 2.56. The van der Waals surface area contributed by atoms with Crippen molar-refractivity contribution in [3.63, 3.8) is 0 Å². The molecule has 3 aliphatic carbocycles. The summed E-state index contributed by atoms with van der Waals surface area (Å²) in [7, 11) is 1.74. The Labute approximate surface area is 179 Å². The van der Waals surface area contributed by atoms with E-state index in [-0.39, 0.29) is 5.41 Å². The van der Waals surface area contributed by atoms with Crippen molar-refractivity contribution < 1.29 is 9.53 Å². The van der Waals surface area contributed by atoms with Crippen LogP contribution in [0.2, 0.25) is 0 Å². The quantitative estimate of drug-likeness (QED) is 0.649. The summed E-state index contributed by atoms with van der Waals surface area (Å²) in [6, 6.07) is 6.61. The Hall–Kier alpha value is -2.36. The van der Waals surface area contributed by atoms with Gasteiger partial charge in [0, 0.05) is 23.7 Å². The van der Waals surface area contributed by atoms with Crippen LogP contribution in [0.15, 0.2) is 30.0 Å². The van der Waals surface area contributed by atoms with E-state index in [1.807, 2.05) is 11.6 Å². The number of fused-ring (bicyclic) bond motifs is 5. The van der Waals surface area contributed by atoms with Crippen molar-refractivity contribution in [3.8, 4) is 5.75 Å². The van der Waals surface area contributed by atoms with E-state index >= 15 is 0 Å². The molecule has 5 rings (SSSR count). The molecule has 1 heterocycles. The molecule has 0 unspecified atom stereocenters. The molecular weight excluding hydrogens is 372 g/mol. The van der Waals surface area contributed by atoms with E-state index in [2.05, 4.69) is 49.4 Å². The number of methoxy groups -OCH3 is 1. The zero-order chi connectivity index (χ0) is 21.0. The number of allylic oxidation sites excluding steroid dienone is 1. The van der Waals surface area contributed by atoms with E-state index < -0.39 is 0 Å². The van der Waals surface area contributed by atoms with Crippen molar-refractivity contribution in [2.45, 2.75) is 65.3 Å². The Balaban J connectivity index is 1.47.